The molecule has 1 aliphatic heterocycles. The zero-order chi connectivity index (χ0) is 23.8. The molecule has 7 nitrogen and oxygen atoms in total. The number of hydrogen-bond donors (Lipinski definition) is 1. The summed E-state index contributed by atoms with van der Waals surface area (Å²) in [6, 6.07) is 13.6. The number of aryl methyl sites for hydroxylation is 1. The molecule has 1 saturated heterocycles. The molecule has 0 spiro atoms. The van der Waals surface area contributed by atoms with Crippen LogP contribution in [-0.4, -0.2) is 33.9 Å². The Morgan fingerprint density at radius 1 is 1.03 bits per heavy atom. The Labute approximate surface area is 208 Å². The Morgan fingerprint density at radius 3 is 2.56 bits per heavy atom. The van der Waals surface area contributed by atoms with Gasteiger partial charge in [-0.15, -0.1) is 11.3 Å². The van der Waals surface area contributed by atoms with Gasteiger partial charge in [-0.3, -0.25) is 9.55 Å². The molecule has 0 saturated carbocycles. The maximum Gasteiger partial charge on any atom is 0.193 e. The van der Waals surface area contributed by atoms with E-state index in [0.717, 1.165) is 39.2 Å². The minimum Gasteiger partial charge on any atom is -0.497 e. The number of aromatic nitrogens is 3. The van der Waals surface area contributed by atoms with Crippen molar-refractivity contribution >= 4 is 34.4 Å². The third kappa shape index (κ3) is 3.70. The van der Waals surface area contributed by atoms with Crippen molar-refractivity contribution in [3.05, 3.63) is 82.9 Å². The molecule has 1 aliphatic rings. The van der Waals surface area contributed by atoms with Crippen molar-refractivity contribution < 1.29 is 9.47 Å². The van der Waals surface area contributed by atoms with E-state index in [4.69, 9.17) is 21.7 Å². The molecule has 1 fully saturated rings. The van der Waals surface area contributed by atoms with Gasteiger partial charge in [-0.2, -0.15) is 0 Å². The van der Waals surface area contributed by atoms with Crippen LogP contribution in [0.3, 0.4) is 0 Å². The van der Waals surface area contributed by atoms with Gasteiger partial charge in [0, 0.05) is 35.2 Å². The van der Waals surface area contributed by atoms with Gasteiger partial charge in [0.05, 0.1) is 37.7 Å². The smallest absolute Gasteiger partial charge is 0.193 e. The number of thiocarbonyl (C=S) groups is 1. The predicted molar refractivity (Wildman–Crippen MR) is 138 cm³/mol. The van der Waals surface area contributed by atoms with Crippen LogP contribution in [0.25, 0.3) is 5.13 Å². The van der Waals surface area contributed by atoms with E-state index in [9.17, 15) is 0 Å². The van der Waals surface area contributed by atoms with Crippen LogP contribution in [0.5, 0.6) is 11.5 Å². The van der Waals surface area contributed by atoms with Gasteiger partial charge in [0.15, 0.2) is 10.2 Å². The topological polar surface area (TPSA) is 64.4 Å². The van der Waals surface area contributed by atoms with E-state index >= 15 is 0 Å². The number of hydrogen-bond acceptors (Lipinski definition) is 6. The van der Waals surface area contributed by atoms with E-state index in [-0.39, 0.29) is 12.1 Å². The van der Waals surface area contributed by atoms with Crippen molar-refractivity contribution in [1.29, 1.82) is 0 Å². The summed E-state index contributed by atoms with van der Waals surface area (Å²) in [7, 11) is 3.32. The van der Waals surface area contributed by atoms with Crippen LogP contribution < -0.4 is 19.7 Å². The van der Waals surface area contributed by atoms with Crippen LogP contribution in [-0.2, 0) is 0 Å². The van der Waals surface area contributed by atoms with Gasteiger partial charge < -0.3 is 19.7 Å². The summed E-state index contributed by atoms with van der Waals surface area (Å²) in [5.41, 5.74) is 5.11. The molecule has 0 unspecified atom stereocenters. The summed E-state index contributed by atoms with van der Waals surface area (Å²) >= 11 is 7.51. The Morgan fingerprint density at radius 2 is 1.88 bits per heavy atom. The molecular weight excluding hydrogens is 466 g/mol. The van der Waals surface area contributed by atoms with E-state index in [1.165, 1.54) is 0 Å². The molecule has 0 radical (unpaired) electrons. The summed E-state index contributed by atoms with van der Waals surface area (Å²) in [6.45, 7) is 4.23. The highest BCUT2D eigenvalue weighted by molar-refractivity contribution is 7.80. The summed E-state index contributed by atoms with van der Waals surface area (Å²) in [5.74, 6) is 1.44. The van der Waals surface area contributed by atoms with E-state index in [1.807, 2.05) is 54.2 Å². The highest BCUT2D eigenvalue weighted by Crippen LogP contribution is 2.47. The van der Waals surface area contributed by atoms with E-state index in [2.05, 4.69) is 44.7 Å². The SMILES string of the molecule is COc1ccc(OC)c(N2C(=S)N[C@H](c3ccccn3)[C@H]2c2cc(C)n(-c3nccs3)c2C)c1. The van der Waals surface area contributed by atoms with Gasteiger partial charge in [0.25, 0.3) is 0 Å². The molecular formula is C25H25N5O2S2. The summed E-state index contributed by atoms with van der Waals surface area (Å²) in [4.78, 5) is 11.3. The molecule has 4 aromatic rings. The average molecular weight is 492 g/mol. The van der Waals surface area contributed by atoms with Crippen LogP contribution in [0, 0.1) is 13.8 Å². The zero-order valence-corrected chi connectivity index (χ0v) is 21.0. The van der Waals surface area contributed by atoms with Crippen molar-refractivity contribution in [2.45, 2.75) is 25.9 Å². The van der Waals surface area contributed by atoms with Crippen molar-refractivity contribution in [1.82, 2.24) is 19.9 Å². The van der Waals surface area contributed by atoms with Crippen LogP contribution in [0.2, 0.25) is 0 Å². The molecule has 5 rings (SSSR count). The average Bonchev–Trinajstić information content (AvgIpc) is 3.57. The van der Waals surface area contributed by atoms with E-state index < -0.39 is 0 Å². The molecule has 9 heteroatoms. The van der Waals surface area contributed by atoms with Crippen LogP contribution >= 0.6 is 23.6 Å². The Hall–Kier alpha value is -3.43. The first-order chi connectivity index (χ1) is 16.5. The number of rotatable bonds is 6. The lowest BCUT2D eigenvalue weighted by Gasteiger charge is -2.29. The fraction of sp³-hybridized carbons (Fsp3) is 0.240. The second-order valence-corrected chi connectivity index (χ2v) is 9.27. The summed E-state index contributed by atoms with van der Waals surface area (Å²) < 4.78 is 13.5. The van der Waals surface area contributed by atoms with Gasteiger partial charge in [-0.1, -0.05) is 6.07 Å². The fourth-order valence-corrected chi connectivity index (χ4v) is 5.71. The van der Waals surface area contributed by atoms with Gasteiger partial charge in [0.2, 0.25) is 0 Å². The van der Waals surface area contributed by atoms with Crippen LogP contribution in [0.1, 0.15) is 34.7 Å². The standard InChI is InChI=1S/C25H25N5O2S2/c1-15-13-18(16(2)29(15)25-27-11-12-34-25)23-22(19-7-5-6-10-26-19)28-24(33)30(23)20-14-17(31-3)8-9-21(20)32-4/h5-14,22-23H,1-4H3,(H,28,33)/t22-,23-/m1/s1. The Kier molecular flexibility index (Phi) is 5.97. The number of anilines is 1. The highest BCUT2D eigenvalue weighted by Gasteiger charge is 2.43. The molecule has 0 aliphatic carbocycles. The Bertz CT molecular complexity index is 1320. The maximum atomic E-state index is 5.90. The minimum atomic E-state index is -0.164. The number of benzene rings is 1. The largest absolute Gasteiger partial charge is 0.497 e. The second-order valence-electron chi connectivity index (χ2n) is 8.01. The molecule has 1 N–H and O–H groups in total. The maximum absolute atomic E-state index is 5.90. The van der Waals surface area contributed by atoms with Crippen molar-refractivity contribution in [3.63, 3.8) is 0 Å². The van der Waals surface area contributed by atoms with Gasteiger partial charge in [0.1, 0.15) is 11.5 Å². The van der Waals surface area contributed by atoms with Crippen molar-refractivity contribution in [3.8, 4) is 16.6 Å². The normalized spacial score (nSPS) is 17.6. The molecule has 0 amide bonds. The quantitative estimate of drug-likeness (QED) is 0.375. The van der Waals surface area contributed by atoms with Crippen molar-refractivity contribution in [2.75, 3.05) is 19.1 Å². The van der Waals surface area contributed by atoms with Crippen LogP contribution in [0.4, 0.5) is 5.69 Å². The lowest BCUT2D eigenvalue weighted by atomic mass is 9.96. The number of thiazole rings is 1. The predicted octanol–water partition coefficient (Wildman–Crippen LogP) is 5.14. The van der Waals surface area contributed by atoms with E-state index in [1.54, 1.807) is 25.6 Å². The number of nitrogens with zero attached hydrogens (tertiary/aromatic N) is 4. The second kappa shape index (κ2) is 9.08. The molecule has 4 heterocycles. The lowest BCUT2D eigenvalue weighted by Crippen LogP contribution is -2.30. The molecule has 34 heavy (non-hydrogen) atoms. The molecule has 2 atom stereocenters. The number of ether oxygens (including phenoxy) is 2. The van der Waals surface area contributed by atoms with Crippen molar-refractivity contribution in [2.24, 2.45) is 0 Å². The first-order valence-electron chi connectivity index (χ1n) is 10.8. The summed E-state index contributed by atoms with van der Waals surface area (Å²) in [5, 5.41) is 7.06. The van der Waals surface area contributed by atoms with E-state index in [0.29, 0.717) is 10.9 Å². The monoisotopic (exact) mass is 491 g/mol. The third-order valence-electron chi connectivity index (χ3n) is 6.14. The van der Waals surface area contributed by atoms with Gasteiger partial charge in [-0.05, 0) is 62.0 Å². The van der Waals surface area contributed by atoms with Gasteiger partial charge >= 0.3 is 0 Å². The van der Waals surface area contributed by atoms with Gasteiger partial charge in [-0.25, -0.2) is 4.98 Å². The first-order valence-corrected chi connectivity index (χ1v) is 12.1. The molecule has 3 aromatic heterocycles. The lowest BCUT2D eigenvalue weighted by molar-refractivity contribution is 0.403. The number of pyridine rings is 1. The molecule has 174 valence electrons. The van der Waals surface area contributed by atoms with Crippen LogP contribution in [0.15, 0.2) is 60.2 Å². The highest BCUT2D eigenvalue weighted by atomic mass is 32.1. The fourth-order valence-electron chi connectivity index (χ4n) is 4.62. The minimum absolute atomic E-state index is 0.158. The third-order valence-corrected chi connectivity index (χ3v) is 7.21. The first kappa shape index (κ1) is 22.4. The summed E-state index contributed by atoms with van der Waals surface area (Å²) in [6.07, 6.45) is 3.64. The molecule has 1 aromatic carbocycles. The molecule has 0 bridgehead atoms. The number of methoxy groups -OCH3 is 2. The number of nitrogens with one attached hydrogen (secondary N) is 1. The Balaban J connectivity index is 1.72. The zero-order valence-electron chi connectivity index (χ0n) is 19.4.